The van der Waals surface area contributed by atoms with Crippen LogP contribution in [-0.4, -0.2) is 49.6 Å². The predicted octanol–water partition coefficient (Wildman–Crippen LogP) is 1.32. The van der Waals surface area contributed by atoms with E-state index in [0.717, 1.165) is 12.5 Å². The summed E-state index contributed by atoms with van der Waals surface area (Å²) >= 11 is 0. The summed E-state index contributed by atoms with van der Waals surface area (Å²) in [6, 6.07) is 0.601. The maximum atomic E-state index is 11.9. The number of carbonyl (C=O) groups is 2. The zero-order valence-electron chi connectivity index (χ0n) is 12.4. The molecule has 2 rings (SSSR count). The number of likely N-dealkylation sites (tertiary alicyclic amines) is 1. The lowest BCUT2D eigenvalue weighted by atomic mass is 9.96. The number of rotatable bonds is 6. The Balaban J connectivity index is 1.71. The molecule has 114 valence electrons. The number of amides is 1. The molecule has 0 radical (unpaired) electrons. The number of hydrogen-bond donors (Lipinski definition) is 1. The zero-order valence-corrected chi connectivity index (χ0v) is 12.4. The Morgan fingerprint density at radius 1 is 1.20 bits per heavy atom. The van der Waals surface area contributed by atoms with Crippen LogP contribution in [0, 0.1) is 5.92 Å². The van der Waals surface area contributed by atoms with Gasteiger partial charge in [0.25, 0.3) is 0 Å². The number of hydrogen-bond acceptors (Lipinski definition) is 4. The van der Waals surface area contributed by atoms with Crippen molar-refractivity contribution in [3.63, 3.8) is 0 Å². The highest BCUT2D eigenvalue weighted by atomic mass is 16.5. The van der Waals surface area contributed by atoms with Crippen LogP contribution < -0.4 is 5.32 Å². The topological polar surface area (TPSA) is 58.6 Å². The highest BCUT2D eigenvalue weighted by molar-refractivity contribution is 5.78. The van der Waals surface area contributed by atoms with Crippen LogP contribution in [0.15, 0.2) is 0 Å². The molecule has 1 amide bonds. The molecule has 0 aromatic carbocycles. The molecule has 1 atom stereocenters. The van der Waals surface area contributed by atoms with Gasteiger partial charge < -0.3 is 10.1 Å². The summed E-state index contributed by atoms with van der Waals surface area (Å²) in [4.78, 5) is 25.2. The van der Waals surface area contributed by atoms with Crippen molar-refractivity contribution in [3.8, 4) is 0 Å². The zero-order chi connectivity index (χ0) is 14.4. The molecule has 0 aromatic heterocycles. The van der Waals surface area contributed by atoms with Crippen molar-refractivity contribution in [1.82, 2.24) is 10.2 Å². The molecular weight excluding hydrogens is 256 g/mol. The molecule has 1 saturated carbocycles. The Bertz CT molecular complexity index is 340. The van der Waals surface area contributed by atoms with Crippen molar-refractivity contribution in [1.29, 1.82) is 0 Å². The smallest absolute Gasteiger partial charge is 0.307 e. The highest BCUT2D eigenvalue weighted by Crippen LogP contribution is 2.35. The van der Waals surface area contributed by atoms with Gasteiger partial charge in [-0.2, -0.15) is 0 Å². The van der Waals surface area contributed by atoms with Crippen LogP contribution in [-0.2, 0) is 14.3 Å². The summed E-state index contributed by atoms with van der Waals surface area (Å²) in [7, 11) is 1.36. The number of carbonyl (C=O) groups excluding carboxylic acids is 2. The van der Waals surface area contributed by atoms with Crippen molar-refractivity contribution < 1.29 is 14.3 Å². The number of methoxy groups -OCH3 is 1. The van der Waals surface area contributed by atoms with Crippen LogP contribution >= 0.6 is 0 Å². The molecule has 0 spiro atoms. The lowest BCUT2D eigenvalue weighted by Crippen LogP contribution is -2.42. The molecule has 2 aliphatic rings. The molecule has 1 aliphatic carbocycles. The van der Waals surface area contributed by atoms with E-state index in [1.54, 1.807) is 0 Å². The summed E-state index contributed by atoms with van der Waals surface area (Å²) in [5, 5.41) is 2.80. The van der Waals surface area contributed by atoms with Crippen LogP contribution in [0.25, 0.3) is 0 Å². The molecule has 5 heteroatoms. The van der Waals surface area contributed by atoms with Crippen LogP contribution in [0.3, 0.4) is 0 Å². The molecule has 20 heavy (non-hydrogen) atoms. The third-order valence-electron chi connectivity index (χ3n) is 4.58. The minimum absolute atomic E-state index is 0.0267. The van der Waals surface area contributed by atoms with Gasteiger partial charge in [0.2, 0.25) is 5.91 Å². The first-order valence-electron chi connectivity index (χ1n) is 7.78. The number of nitrogens with zero attached hydrogens (tertiary/aromatic N) is 1. The van der Waals surface area contributed by atoms with Gasteiger partial charge in [-0.05, 0) is 38.1 Å². The minimum atomic E-state index is -0.282. The molecule has 1 aliphatic heterocycles. The number of esters is 1. The second-order valence-electron chi connectivity index (χ2n) is 5.90. The van der Waals surface area contributed by atoms with Crippen LogP contribution in [0.1, 0.15) is 44.9 Å². The average Bonchev–Trinajstić information content (AvgIpc) is 3.08. The minimum Gasteiger partial charge on any atom is -0.469 e. The quantitative estimate of drug-likeness (QED) is 0.747. The lowest BCUT2D eigenvalue weighted by Gasteiger charge is -2.28. The van der Waals surface area contributed by atoms with Gasteiger partial charge in [0.1, 0.15) is 0 Å². The van der Waals surface area contributed by atoms with Gasteiger partial charge in [-0.25, -0.2) is 0 Å². The first-order chi connectivity index (χ1) is 9.70. The van der Waals surface area contributed by atoms with Crippen molar-refractivity contribution in [2.45, 2.75) is 51.0 Å². The van der Waals surface area contributed by atoms with Crippen molar-refractivity contribution in [2.24, 2.45) is 5.92 Å². The normalized spacial score (nSPS) is 23.9. The van der Waals surface area contributed by atoms with E-state index in [0.29, 0.717) is 19.1 Å². The van der Waals surface area contributed by atoms with Gasteiger partial charge in [0.05, 0.1) is 20.1 Å². The Morgan fingerprint density at radius 2 is 1.95 bits per heavy atom. The van der Waals surface area contributed by atoms with Gasteiger partial charge in [0, 0.05) is 12.6 Å². The van der Waals surface area contributed by atoms with Crippen molar-refractivity contribution >= 4 is 11.9 Å². The third kappa shape index (κ3) is 4.20. The summed E-state index contributed by atoms with van der Waals surface area (Å²) in [6.45, 7) is 1.88. The van der Waals surface area contributed by atoms with Crippen LogP contribution in [0.4, 0.5) is 0 Å². The molecule has 1 heterocycles. The van der Waals surface area contributed by atoms with E-state index in [4.69, 9.17) is 0 Å². The average molecular weight is 282 g/mol. The second-order valence-corrected chi connectivity index (χ2v) is 5.90. The van der Waals surface area contributed by atoms with Crippen molar-refractivity contribution in [3.05, 3.63) is 0 Å². The van der Waals surface area contributed by atoms with E-state index in [-0.39, 0.29) is 18.3 Å². The van der Waals surface area contributed by atoms with Gasteiger partial charge in [-0.1, -0.05) is 12.8 Å². The first kappa shape index (κ1) is 15.3. The van der Waals surface area contributed by atoms with E-state index < -0.39 is 0 Å². The van der Waals surface area contributed by atoms with Gasteiger partial charge in [0.15, 0.2) is 0 Å². The molecule has 1 saturated heterocycles. The lowest BCUT2D eigenvalue weighted by molar-refractivity contribution is -0.140. The molecule has 2 fully saturated rings. The summed E-state index contributed by atoms with van der Waals surface area (Å²) in [6.07, 6.45) is 8.03. The van der Waals surface area contributed by atoms with E-state index in [2.05, 4.69) is 15.0 Å². The van der Waals surface area contributed by atoms with Gasteiger partial charge in [-0.15, -0.1) is 0 Å². The van der Waals surface area contributed by atoms with Crippen LogP contribution in [0.2, 0.25) is 0 Å². The molecular formula is C15H26N2O3. The fourth-order valence-electron chi connectivity index (χ4n) is 3.57. The molecule has 5 nitrogen and oxygen atoms in total. The van der Waals surface area contributed by atoms with E-state index in [9.17, 15) is 9.59 Å². The monoisotopic (exact) mass is 282 g/mol. The predicted molar refractivity (Wildman–Crippen MR) is 76.2 cm³/mol. The third-order valence-corrected chi connectivity index (χ3v) is 4.58. The van der Waals surface area contributed by atoms with Gasteiger partial charge in [-0.3, -0.25) is 14.5 Å². The number of nitrogens with one attached hydrogen (secondary N) is 1. The molecule has 1 N–H and O–H groups in total. The maximum Gasteiger partial charge on any atom is 0.307 e. The van der Waals surface area contributed by atoms with Crippen LogP contribution in [0.5, 0.6) is 0 Å². The van der Waals surface area contributed by atoms with E-state index in [1.165, 1.54) is 45.6 Å². The summed E-state index contributed by atoms with van der Waals surface area (Å²) in [5.41, 5.74) is 0. The first-order valence-corrected chi connectivity index (χ1v) is 7.78. The largest absolute Gasteiger partial charge is 0.469 e. The standard InChI is InChI=1S/C15H26N2O3/c1-20-15(19)8-9-16-14(18)11-17-10-4-7-13(17)12-5-2-3-6-12/h12-13H,2-11H2,1H3,(H,16,18). The van der Waals surface area contributed by atoms with Gasteiger partial charge >= 0.3 is 5.97 Å². The SMILES string of the molecule is COC(=O)CCNC(=O)CN1CCCC1C1CCCC1. The fourth-order valence-corrected chi connectivity index (χ4v) is 3.57. The van der Waals surface area contributed by atoms with E-state index >= 15 is 0 Å². The molecule has 0 bridgehead atoms. The fraction of sp³-hybridized carbons (Fsp3) is 0.867. The Morgan fingerprint density at radius 3 is 2.65 bits per heavy atom. The Hall–Kier alpha value is -1.10. The molecule has 0 aromatic rings. The Labute approximate surface area is 121 Å². The second kappa shape index (κ2) is 7.62. The van der Waals surface area contributed by atoms with E-state index in [1.807, 2.05) is 0 Å². The number of ether oxygens (including phenoxy) is 1. The Kier molecular flexibility index (Phi) is 5.83. The maximum absolute atomic E-state index is 11.9. The molecule has 1 unspecified atom stereocenters. The van der Waals surface area contributed by atoms with Crippen molar-refractivity contribution in [2.75, 3.05) is 26.7 Å². The highest BCUT2D eigenvalue weighted by Gasteiger charge is 2.33. The summed E-state index contributed by atoms with van der Waals surface area (Å²) < 4.78 is 4.55. The summed E-state index contributed by atoms with van der Waals surface area (Å²) in [5.74, 6) is 0.537.